The summed E-state index contributed by atoms with van der Waals surface area (Å²) in [5.41, 5.74) is 1.06. The van der Waals surface area contributed by atoms with Crippen molar-refractivity contribution >= 4 is 0 Å². The van der Waals surface area contributed by atoms with Crippen molar-refractivity contribution < 1.29 is 5.11 Å². The molecular formula is C15H24N2O. The highest BCUT2D eigenvalue weighted by atomic mass is 16.3. The number of para-hydroxylation sites is 1. The molecule has 1 aromatic rings. The molecule has 0 radical (unpaired) electrons. The predicted molar refractivity (Wildman–Crippen MR) is 74.9 cm³/mol. The van der Waals surface area contributed by atoms with Crippen molar-refractivity contribution in [3.05, 3.63) is 29.8 Å². The van der Waals surface area contributed by atoms with Crippen LogP contribution in [0.3, 0.4) is 0 Å². The number of benzene rings is 1. The van der Waals surface area contributed by atoms with Gasteiger partial charge in [0, 0.05) is 32.7 Å². The minimum absolute atomic E-state index is 0.428. The van der Waals surface area contributed by atoms with Gasteiger partial charge in [-0.1, -0.05) is 25.1 Å². The van der Waals surface area contributed by atoms with Gasteiger partial charge < -0.3 is 14.9 Å². The Morgan fingerprint density at radius 2 is 2.00 bits per heavy atom. The van der Waals surface area contributed by atoms with Crippen molar-refractivity contribution in [1.82, 2.24) is 9.80 Å². The summed E-state index contributed by atoms with van der Waals surface area (Å²) in [5.74, 6) is 1.15. The van der Waals surface area contributed by atoms with E-state index in [1.165, 1.54) is 6.54 Å². The molecule has 100 valence electrons. The number of rotatable bonds is 3. The molecule has 1 aliphatic heterocycles. The van der Waals surface area contributed by atoms with Crippen LogP contribution in [-0.2, 0) is 6.42 Å². The van der Waals surface area contributed by atoms with Crippen molar-refractivity contribution in [2.24, 2.45) is 5.92 Å². The normalized spacial score (nSPS) is 22.9. The average molecular weight is 248 g/mol. The number of hydrogen-bond donors (Lipinski definition) is 1. The zero-order chi connectivity index (χ0) is 13.0. The smallest absolute Gasteiger partial charge is 0.118 e. The molecule has 1 heterocycles. The zero-order valence-electron chi connectivity index (χ0n) is 11.5. The highest BCUT2D eigenvalue weighted by molar-refractivity contribution is 5.31. The molecule has 0 amide bonds. The molecule has 1 atom stereocenters. The van der Waals surface area contributed by atoms with Crippen LogP contribution in [0.1, 0.15) is 12.5 Å². The Morgan fingerprint density at radius 1 is 1.22 bits per heavy atom. The first-order valence-corrected chi connectivity index (χ1v) is 6.83. The minimum atomic E-state index is 0.428. The lowest BCUT2D eigenvalue weighted by molar-refractivity contribution is 0.266. The molecule has 0 spiro atoms. The first-order valence-electron chi connectivity index (χ1n) is 6.83. The summed E-state index contributed by atoms with van der Waals surface area (Å²) in [5, 5.41) is 9.76. The third kappa shape index (κ3) is 3.72. The van der Waals surface area contributed by atoms with Gasteiger partial charge in [-0.2, -0.15) is 0 Å². The maximum Gasteiger partial charge on any atom is 0.118 e. The fourth-order valence-electron chi connectivity index (χ4n) is 2.73. The highest BCUT2D eigenvalue weighted by Crippen LogP contribution is 2.17. The Kier molecular flexibility index (Phi) is 4.61. The molecule has 1 aliphatic rings. The third-order valence-corrected chi connectivity index (χ3v) is 3.68. The highest BCUT2D eigenvalue weighted by Gasteiger charge is 2.17. The topological polar surface area (TPSA) is 26.7 Å². The SMILES string of the molecule is C[C@@H]1CN(C)CCN(CCc2ccccc2O)C1. The maximum absolute atomic E-state index is 9.76. The summed E-state index contributed by atoms with van der Waals surface area (Å²) in [6, 6.07) is 7.66. The minimum Gasteiger partial charge on any atom is -0.508 e. The van der Waals surface area contributed by atoms with E-state index < -0.39 is 0 Å². The predicted octanol–water partition coefficient (Wildman–Crippen LogP) is 1.82. The summed E-state index contributed by atoms with van der Waals surface area (Å²) in [6.45, 7) is 7.98. The monoisotopic (exact) mass is 248 g/mol. The molecule has 0 unspecified atom stereocenters. The molecule has 0 aromatic heterocycles. The number of likely N-dealkylation sites (N-methyl/N-ethyl adjacent to an activating group) is 1. The van der Waals surface area contributed by atoms with Crippen LogP contribution in [0.2, 0.25) is 0 Å². The molecular weight excluding hydrogens is 224 g/mol. The van der Waals surface area contributed by atoms with Gasteiger partial charge in [0.05, 0.1) is 0 Å². The van der Waals surface area contributed by atoms with Crippen LogP contribution in [0.15, 0.2) is 24.3 Å². The number of aromatic hydroxyl groups is 1. The number of phenolic OH excluding ortho intramolecular Hbond substituents is 1. The van der Waals surface area contributed by atoms with Gasteiger partial charge in [-0.25, -0.2) is 0 Å². The first kappa shape index (κ1) is 13.4. The van der Waals surface area contributed by atoms with Gasteiger partial charge in [-0.3, -0.25) is 0 Å². The summed E-state index contributed by atoms with van der Waals surface area (Å²) in [7, 11) is 2.20. The first-order chi connectivity index (χ1) is 8.65. The van der Waals surface area contributed by atoms with Crippen LogP contribution in [0.25, 0.3) is 0 Å². The molecule has 2 rings (SSSR count). The Hall–Kier alpha value is -1.06. The number of hydrogen-bond acceptors (Lipinski definition) is 3. The molecule has 1 fully saturated rings. The van der Waals surface area contributed by atoms with Gasteiger partial charge >= 0.3 is 0 Å². The molecule has 0 saturated carbocycles. The van der Waals surface area contributed by atoms with E-state index in [-0.39, 0.29) is 0 Å². The summed E-state index contributed by atoms with van der Waals surface area (Å²) in [6.07, 6.45) is 0.934. The van der Waals surface area contributed by atoms with Gasteiger partial charge in [-0.15, -0.1) is 0 Å². The lowest BCUT2D eigenvalue weighted by Crippen LogP contribution is -2.31. The van der Waals surface area contributed by atoms with E-state index in [4.69, 9.17) is 0 Å². The molecule has 18 heavy (non-hydrogen) atoms. The molecule has 1 aromatic carbocycles. The van der Waals surface area contributed by atoms with E-state index in [1.807, 2.05) is 18.2 Å². The van der Waals surface area contributed by atoms with Crippen molar-refractivity contribution in [3.8, 4) is 5.75 Å². The zero-order valence-corrected chi connectivity index (χ0v) is 11.5. The molecule has 3 heteroatoms. The Morgan fingerprint density at radius 3 is 2.78 bits per heavy atom. The Balaban J connectivity index is 1.88. The van der Waals surface area contributed by atoms with E-state index in [0.717, 1.165) is 44.1 Å². The fraction of sp³-hybridized carbons (Fsp3) is 0.600. The molecule has 3 nitrogen and oxygen atoms in total. The van der Waals surface area contributed by atoms with Crippen LogP contribution in [0.4, 0.5) is 0 Å². The standard InChI is InChI=1S/C15H24N2O/c1-13-11-16(2)9-10-17(12-13)8-7-14-5-3-4-6-15(14)18/h3-6,13,18H,7-12H2,1-2H3/t13-/m1/s1. The summed E-state index contributed by atoms with van der Waals surface area (Å²) < 4.78 is 0. The van der Waals surface area contributed by atoms with Gasteiger partial charge in [0.1, 0.15) is 5.75 Å². The van der Waals surface area contributed by atoms with Gasteiger partial charge in [0.25, 0.3) is 0 Å². The second-order valence-corrected chi connectivity index (χ2v) is 5.55. The largest absolute Gasteiger partial charge is 0.508 e. The average Bonchev–Trinajstić information content (AvgIpc) is 2.49. The van der Waals surface area contributed by atoms with Gasteiger partial charge in [0.2, 0.25) is 0 Å². The van der Waals surface area contributed by atoms with E-state index in [1.54, 1.807) is 6.07 Å². The van der Waals surface area contributed by atoms with Crippen molar-refractivity contribution in [3.63, 3.8) is 0 Å². The van der Waals surface area contributed by atoms with Crippen LogP contribution < -0.4 is 0 Å². The fourth-order valence-corrected chi connectivity index (χ4v) is 2.73. The molecule has 0 aliphatic carbocycles. The molecule has 0 bridgehead atoms. The molecule has 1 saturated heterocycles. The van der Waals surface area contributed by atoms with E-state index >= 15 is 0 Å². The van der Waals surface area contributed by atoms with E-state index in [2.05, 4.69) is 23.8 Å². The lowest BCUT2D eigenvalue weighted by Gasteiger charge is -2.21. The summed E-state index contributed by atoms with van der Waals surface area (Å²) >= 11 is 0. The second kappa shape index (κ2) is 6.21. The van der Waals surface area contributed by atoms with Crippen LogP contribution in [-0.4, -0.2) is 54.7 Å². The quantitative estimate of drug-likeness (QED) is 0.884. The molecule has 1 N–H and O–H groups in total. The number of nitrogens with zero attached hydrogens (tertiary/aromatic N) is 2. The Labute approximate surface area is 110 Å². The van der Waals surface area contributed by atoms with Crippen LogP contribution in [0, 0.1) is 5.92 Å². The van der Waals surface area contributed by atoms with E-state index in [0.29, 0.717) is 5.75 Å². The van der Waals surface area contributed by atoms with Crippen LogP contribution >= 0.6 is 0 Å². The second-order valence-electron chi connectivity index (χ2n) is 5.55. The van der Waals surface area contributed by atoms with Crippen molar-refractivity contribution in [2.75, 3.05) is 39.8 Å². The maximum atomic E-state index is 9.76. The summed E-state index contributed by atoms with van der Waals surface area (Å²) in [4.78, 5) is 4.92. The van der Waals surface area contributed by atoms with Crippen LogP contribution in [0.5, 0.6) is 5.75 Å². The Bertz CT molecular complexity index is 381. The third-order valence-electron chi connectivity index (χ3n) is 3.68. The number of phenols is 1. The van der Waals surface area contributed by atoms with E-state index in [9.17, 15) is 5.11 Å². The van der Waals surface area contributed by atoms with Gasteiger partial charge in [-0.05, 0) is 31.0 Å². The van der Waals surface area contributed by atoms with Gasteiger partial charge in [0.15, 0.2) is 0 Å². The van der Waals surface area contributed by atoms with Crippen molar-refractivity contribution in [2.45, 2.75) is 13.3 Å². The lowest BCUT2D eigenvalue weighted by atomic mass is 10.1. The van der Waals surface area contributed by atoms with Crippen molar-refractivity contribution in [1.29, 1.82) is 0 Å².